The lowest BCUT2D eigenvalue weighted by atomic mass is 10.2. The van der Waals surface area contributed by atoms with Gasteiger partial charge in [0, 0.05) is 10.9 Å². The molecule has 0 spiro atoms. The lowest BCUT2D eigenvalue weighted by Crippen LogP contribution is -2.09. The molecule has 3 rings (SSSR count). The van der Waals surface area contributed by atoms with Crippen LogP contribution in [-0.2, 0) is 0 Å². The molecule has 0 aliphatic carbocycles. The molecule has 0 aliphatic heterocycles. The molecule has 0 atom stereocenters. The summed E-state index contributed by atoms with van der Waals surface area (Å²) >= 11 is 6.13. The first-order valence-electron chi connectivity index (χ1n) is 6.32. The van der Waals surface area contributed by atoms with E-state index in [1.54, 1.807) is 13.2 Å². The van der Waals surface area contributed by atoms with E-state index in [-0.39, 0.29) is 5.91 Å². The van der Waals surface area contributed by atoms with Gasteiger partial charge in [0.2, 0.25) is 0 Å². The van der Waals surface area contributed by atoms with Gasteiger partial charge in [-0.25, -0.2) is 4.98 Å². The summed E-state index contributed by atoms with van der Waals surface area (Å²) in [6.45, 7) is 0. The van der Waals surface area contributed by atoms with Gasteiger partial charge in [0.05, 0.1) is 21.5 Å². The third-order valence-electron chi connectivity index (χ3n) is 2.89. The van der Waals surface area contributed by atoms with Crippen LogP contribution in [0.3, 0.4) is 0 Å². The van der Waals surface area contributed by atoms with Crippen molar-refractivity contribution in [3.8, 4) is 17.0 Å². The fraction of sp³-hybridized carbons (Fsp3) is 0.0667. The largest absolute Gasteiger partial charge is 0.497 e. The molecule has 2 heterocycles. The lowest BCUT2D eigenvalue weighted by molar-refractivity contribution is 0.103. The van der Waals surface area contributed by atoms with Crippen LogP contribution in [0.5, 0.6) is 5.75 Å². The molecule has 0 fully saturated rings. The molecule has 7 heteroatoms. The Kier molecular flexibility index (Phi) is 4.56. The third-order valence-corrected chi connectivity index (χ3v) is 5.27. The summed E-state index contributed by atoms with van der Waals surface area (Å²) in [6, 6.07) is 11.3. The van der Waals surface area contributed by atoms with Crippen molar-refractivity contribution < 1.29 is 9.53 Å². The van der Waals surface area contributed by atoms with E-state index in [0.29, 0.717) is 10.0 Å². The highest BCUT2D eigenvalue weighted by Gasteiger charge is 2.12. The molecule has 4 nitrogen and oxygen atoms in total. The minimum absolute atomic E-state index is 0.151. The summed E-state index contributed by atoms with van der Waals surface area (Å²) in [7, 11) is 1.63. The lowest BCUT2D eigenvalue weighted by Gasteiger charge is -2.01. The summed E-state index contributed by atoms with van der Waals surface area (Å²) in [5.41, 5.74) is 1.77. The summed E-state index contributed by atoms with van der Waals surface area (Å²) < 4.78 is 6.14. The first kappa shape index (κ1) is 15.2. The molecule has 0 unspecified atom stereocenters. The van der Waals surface area contributed by atoms with Crippen LogP contribution < -0.4 is 10.1 Å². The van der Waals surface area contributed by atoms with E-state index >= 15 is 0 Å². The van der Waals surface area contributed by atoms with Gasteiger partial charge in [-0.05, 0) is 40.2 Å². The Hall–Kier alpha value is -1.70. The minimum atomic E-state index is -0.151. The van der Waals surface area contributed by atoms with Gasteiger partial charge in [0.1, 0.15) is 5.75 Å². The third kappa shape index (κ3) is 3.37. The number of ether oxygens (including phenoxy) is 1. The minimum Gasteiger partial charge on any atom is -0.497 e. The van der Waals surface area contributed by atoms with Crippen molar-refractivity contribution in [2.45, 2.75) is 0 Å². The SMILES string of the molecule is COc1cccc(-c2csc(NC(=O)c3ccc(Br)s3)n2)c1. The molecule has 0 saturated carbocycles. The molecule has 2 aromatic heterocycles. The smallest absolute Gasteiger partial charge is 0.267 e. The highest BCUT2D eigenvalue weighted by molar-refractivity contribution is 9.11. The van der Waals surface area contributed by atoms with Crippen molar-refractivity contribution in [3.05, 3.63) is 50.4 Å². The van der Waals surface area contributed by atoms with Crippen LogP contribution in [0, 0.1) is 0 Å². The Balaban J connectivity index is 1.77. The number of halogens is 1. The van der Waals surface area contributed by atoms with Crippen molar-refractivity contribution in [2.24, 2.45) is 0 Å². The highest BCUT2D eigenvalue weighted by atomic mass is 79.9. The maximum atomic E-state index is 12.1. The summed E-state index contributed by atoms with van der Waals surface area (Å²) in [5, 5.41) is 5.30. The molecule has 0 bridgehead atoms. The van der Waals surface area contributed by atoms with Crippen LogP contribution in [0.2, 0.25) is 0 Å². The molecule has 0 saturated heterocycles. The Labute approximate surface area is 143 Å². The van der Waals surface area contributed by atoms with Crippen molar-refractivity contribution in [2.75, 3.05) is 12.4 Å². The van der Waals surface area contributed by atoms with Crippen LogP contribution in [0.15, 0.2) is 45.6 Å². The van der Waals surface area contributed by atoms with Gasteiger partial charge in [-0.1, -0.05) is 12.1 Å². The fourth-order valence-electron chi connectivity index (χ4n) is 1.84. The van der Waals surface area contributed by atoms with Gasteiger partial charge < -0.3 is 4.74 Å². The Bertz CT molecular complexity index is 813. The summed E-state index contributed by atoms with van der Waals surface area (Å²) in [6.07, 6.45) is 0. The van der Waals surface area contributed by atoms with E-state index in [0.717, 1.165) is 20.8 Å². The van der Waals surface area contributed by atoms with Crippen LogP contribution in [0.1, 0.15) is 9.67 Å². The van der Waals surface area contributed by atoms with Gasteiger partial charge >= 0.3 is 0 Å². The molecule has 112 valence electrons. The number of thiophene rings is 1. The highest BCUT2D eigenvalue weighted by Crippen LogP contribution is 2.28. The zero-order valence-electron chi connectivity index (χ0n) is 11.5. The van der Waals surface area contributed by atoms with Gasteiger partial charge in [0.15, 0.2) is 5.13 Å². The van der Waals surface area contributed by atoms with E-state index in [1.165, 1.54) is 22.7 Å². The average Bonchev–Trinajstić information content (AvgIpc) is 3.16. The molecule has 1 aromatic carbocycles. The number of aromatic nitrogens is 1. The molecule has 0 aliphatic rings. The van der Waals surface area contributed by atoms with Crippen LogP contribution in [0.25, 0.3) is 11.3 Å². The van der Waals surface area contributed by atoms with Crippen LogP contribution in [0.4, 0.5) is 5.13 Å². The summed E-state index contributed by atoms with van der Waals surface area (Å²) in [4.78, 5) is 17.2. The second-order valence-electron chi connectivity index (χ2n) is 4.33. The number of carbonyl (C=O) groups is 1. The molecule has 1 N–H and O–H groups in total. The molecular formula is C15H11BrN2O2S2. The second kappa shape index (κ2) is 6.60. The number of methoxy groups -OCH3 is 1. The monoisotopic (exact) mass is 394 g/mol. The number of nitrogens with zero attached hydrogens (tertiary/aromatic N) is 1. The van der Waals surface area contributed by atoms with E-state index in [4.69, 9.17) is 4.74 Å². The Morgan fingerprint density at radius 2 is 2.18 bits per heavy atom. The Morgan fingerprint density at radius 1 is 1.32 bits per heavy atom. The maximum absolute atomic E-state index is 12.1. The van der Waals surface area contributed by atoms with Gasteiger partial charge in [-0.15, -0.1) is 22.7 Å². The molecular weight excluding hydrogens is 384 g/mol. The molecule has 22 heavy (non-hydrogen) atoms. The number of thiazole rings is 1. The number of hydrogen-bond donors (Lipinski definition) is 1. The zero-order valence-corrected chi connectivity index (χ0v) is 14.7. The van der Waals surface area contributed by atoms with Crippen molar-refractivity contribution in [3.63, 3.8) is 0 Å². The molecule has 0 radical (unpaired) electrons. The molecule has 1 amide bonds. The molecule has 3 aromatic rings. The average molecular weight is 395 g/mol. The fourth-order valence-corrected chi connectivity index (χ4v) is 3.84. The number of rotatable bonds is 4. The van der Waals surface area contributed by atoms with Gasteiger partial charge in [0.25, 0.3) is 5.91 Å². The van der Waals surface area contributed by atoms with Crippen molar-refractivity contribution in [1.82, 2.24) is 4.98 Å². The van der Waals surface area contributed by atoms with E-state index < -0.39 is 0 Å². The standard InChI is InChI=1S/C15H11BrN2O2S2/c1-20-10-4-2-3-9(7-10)11-8-21-15(17-11)18-14(19)12-5-6-13(16)22-12/h2-8H,1H3,(H,17,18,19). The zero-order chi connectivity index (χ0) is 15.5. The number of anilines is 1. The topological polar surface area (TPSA) is 51.2 Å². The van der Waals surface area contributed by atoms with Crippen molar-refractivity contribution >= 4 is 49.6 Å². The number of benzene rings is 1. The van der Waals surface area contributed by atoms with E-state index in [9.17, 15) is 4.79 Å². The maximum Gasteiger partial charge on any atom is 0.267 e. The normalized spacial score (nSPS) is 10.5. The predicted octanol–water partition coefficient (Wildman–Crippen LogP) is 4.90. The van der Waals surface area contributed by atoms with Gasteiger partial charge in [-0.2, -0.15) is 0 Å². The quantitative estimate of drug-likeness (QED) is 0.684. The summed E-state index contributed by atoms with van der Waals surface area (Å²) in [5.74, 6) is 0.627. The van der Waals surface area contributed by atoms with E-state index in [1.807, 2.05) is 35.7 Å². The number of amides is 1. The van der Waals surface area contributed by atoms with Crippen molar-refractivity contribution in [1.29, 1.82) is 0 Å². The van der Waals surface area contributed by atoms with Crippen LogP contribution >= 0.6 is 38.6 Å². The van der Waals surface area contributed by atoms with Crippen LogP contribution in [-0.4, -0.2) is 18.0 Å². The Morgan fingerprint density at radius 3 is 2.91 bits per heavy atom. The van der Waals surface area contributed by atoms with E-state index in [2.05, 4.69) is 26.2 Å². The second-order valence-corrected chi connectivity index (χ2v) is 7.65. The first-order valence-corrected chi connectivity index (χ1v) is 8.81. The first-order chi connectivity index (χ1) is 10.7. The number of hydrogen-bond acceptors (Lipinski definition) is 5. The predicted molar refractivity (Wildman–Crippen MR) is 94.1 cm³/mol. The van der Waals surface area contributed by atoms with Gasteiger partial charge in [-0.3, -0.25) is 10.1 Å². The number of nitrogens with one attached hydrogen (secondary N) is 1. The number of carbonyl (C=O) groups excluding carboxylic acids is 1.